The molecule has 0 saturated heterocycles. The summed E-state index contributed by atoms with van der Waals surface area (Å²) in [5.74, 6) is 0. The van der Waals surface area contributed by atoms with Gasteiger partial charge < -0.3 is 4.90 Å². The SMILES string of the molecule is CC(C)N(c1cccc(-c2ccccc2)c1)c1ccc2c(c1)C(C)(C)c1ccccc1-2. The van der Waals surface area contributed by atoms with Crippen LogP contribution < -0.4 is 4.90 Å². The lowest BCUT2D eigenvalue weighted by atomic mass is 9.82. The predicted octanol–water partition coefficient (Wildman–Crippen LogP) is 8.21. The molecule has 31 heavy (non-hydrogen) atoms. The van der Waals surface area contributed by atoms with Crippen LogP contribution in [0.25, 0.3) is 22.3 Å². The molecule has 1 heteroatoms. The molecule has 4 aromatic rings. The van der Waals surface area contributed by atoms with E-state index < -0.39 is 0 Å². The molecule has 4 aromatic carbocycles. The second kappa shape index (κ2) is 7.42. The maximum absolute atomic E-state index is 2.45. The topological polar surface area (TPSA) is 3.24 Å². The molecule has 0 spiro atoms. The molecule has 1 nitrogen and oxygen atoms in total. The number of nitrogens with zero attached hydrogens (tertiary/aromatic N) is 1. The molecule has 1 aliphatic rings. The third kappa shape index (κ3) is 3.25. The molecule has 0 fully saturated rings. The molecule has 0 bridgehead atoms. The molecule has 0 radical (unpaired) electrons. The van der Waals surface area contributed by atoms with Crippen LogP contribution >= 0.6 is 0 Å². The summed E-state index contributed by atoms with van der Waals surface area (Å²) in [6.45, 7) is 9.22. The summed E-state index contributed by atoms with van der Waals surface area (Å²) in [6, 6.07) is 35.7. The molecule has 0 aliphatic heterocycles. The first-order chi connectivity index (χ1) is 15.0. The van der Waals surface area contributed by atoms with Gasteiger partial charge in [-0.3, -0.25) is 0 Å². The van der Waals surface area contributed by atoms with Gasteiger partial charge in [0.25, 0.3) is 0 Å². The van der Waals surface area contributed by atoms with Gasteiger partial charge in [-0.15, -0.1) is 0 Å². The van der Waals surface area contributed by atoms with Gasteiger partial charge in [0, 0.05) is 22.8 Å². The zero-order valence-corrected chi connectivity index (χ0v) is 18.8. The lowest BCUT2D eigenvalue weighted by Crippen LogP contribution is -2.26. The Morgan fingerprint density at radius 2 is 1.23 bits per heavy atom. The molecule has 0 unspecified atom stereocenters. The van der Waals surface area contributed by atoms with Crippen LogP contribution in [0.2, 0.25) is 0 Å². The van der Waals surface area contributed by atoms with Crippen LogP contribution in [0.3, 0.4) is 0 Å². The van der Waals surface area contributed by atoms with Crippen molar-refractivity contribution in [2.75, 3.05) is 4.90 Å². The van der Waals surface area contributed by atoms with Crippen molar-refractivity contribution < 1.29 is 0 Å². The predicted molar refractivity (Wildman–Crippen MR) is 133 cm³/mol. The Balaban J connectivity index is 1.60. The van der Waals surface area contributed by atoms with E-state index in [0.717, 1.165) is 0 Å². The van der Waals surface area contributed by atoms with Gasteiger partial charge in [0.05, 0.1) is 0 Å². The fourth-order valence-corrected chi connectivity index (χ4v) is 5.05. The van der Waals surface area contributed by atoms with Crippen LogP contribution in [0.4, 0.5) is 11.4 Å². The molecule has 154 valence electrons. The van der Waals surface area contributed by atoms with E-state index in [1.54, 1.807) is 0 Å². The van der Waals surface area contributed by atoms with E-state index >= 15 is 0 Å². The summed E-state index contributed by atoms with van der Waals surface area (Å²) in [7, 11) is 0. The van der Waals surface area contributed by atoms with E-state index in [2.05, 4.69) is 130 Å². The van der Waals surface area contributed by atoms with Crippen LogP contribution in [-0.2, 0) is 5.41 Å². The number of benzene rings is 4. The third-order valence-corrected chi connectivity index (χ3v) is 6.59. The van der Waals surface area contributed by atoms with Gasteiger partial charge in [0.1, 0.15) is 0 Å². The second-order valence-electron chi connectivity index (χ2n) is 9.28. The summed E-state index contributed by atoms with van der Waals surface area (Å²) >= 11 is 0. The number of hydrogen-bond donors (Lipinski definition) is 0. The zero-order chi connectivity index (χ0) is 21.6. The fourth-order valence-electron chi connectivity index (χ4n) is 5.05. The van der Waals surface area contributed by atoms with Gasteiger partial charge in [-0.25, -0.2) is 0 Å². The van der Waals surface area contributed by atoms with Crippen molar-refractivity contribution in [3.8, 4) is 22.3 Å². The lowest BCUT2D eigenvalue weighted by Gasteiger charge is -2.31. The van der Waals surface area contributed by atoms with Gasteiger partial charge in [0.15, 0.2) is 0 Å². The highest BCUT2D eigenvalue weighted by Crippen LogP contribution is 2.50. The summed E-state index contributed by atoms with van der Waals surface area (Å²) < 4.78 is 0. The fraction of sp³-hybridized carbons (Fsp3) is 0.200. The Kier molecular flexibility index (Phi) is 4.70. The normalized spacial score (nSPS) is 13.7. The highest BCUT2D eigenvalue weighted by molar-refractivity contribution is 5.83. The Labute approximate surface area is 186 Å². The van der Waals surface area contributed by atoms with Crippen LogP contribution in [0.5, 0.6) is 0 Å². The van der Waals surface area contributed by atoms with Gasteiger partial charge in [-0.2, -0.15) is 0 Å². The third-order valence-electron chi connectivity index (χ3n) is 6.59. The summed E-state index contributed by atoms with van der Waals surface area (Å²) in [6.07, 6.45) is 0. The van der Waals surface area contributed by atoms with Gasteiger partial charge in [0.2, 0.25) is 0 Å². The van der Waals surface area contributed by atoms with Crippen molar-refractivity contribution in [3.05, 3.63) is 108 Å². The van der Waals surface area contributed by atoms with Gasteiger partial charge in [-0.1, -0.05) is 86.6 Å². The minimum atomic E-state index is 0.0104. The summed E-state index contributed by atoms with van der Waals surface area (Å²) in [5, 5.41) is 0. The summed E-state index contributed by atoms with van der Waals surface area (Å²) in [5.41, 5.74) is 10.6. The quantitative estimate of drug-likeness (QED) is 0.332. The molecule has 0 N–H and O–H groups in total. The minimum Gasteiger partial charge on any atom is -0.339 e. The molecule has 0 saturated carbocycles. The maximum atomic E-state index is 2.45. The molecule has 0 heterocycles. The molecular weight excluding hydrogens is 374 g/mol. The Bertz CT molecular complexity index is 1230. The molecule has 0 amide bonds. The Morgan fingerprint density at radius 1 is 0.581 bits per heavy atom. The zero-order valence-electron chi connectivity index (χ0n) is 18.8. The van der Waals surface area contributed by atoms with Crippen molar-refractivity contribution >= 4 is 11.4 Å². The number of hydrogen-bond acceptors (Lipinski definition) is 1. The molecule has 0 aromatic heterocycles. The smallest absolute Gasteiger partial charge is 0.0419 e. The van der Waals surface area contributed by atoms with E-state index in [1.807, 2.05) is 0 Å². The van der Waals surface area contributed by atoms with Gasteiger partial charge in [-0.05, 0) is 71.5 Å². The minimum absolute atomic E-state index is 0.0104. The molecule has 5 rings (SSSR count). The number of anilines is 2. The highest BCUT2D eigenvalue weighted by Gasteiger charge is 2.35. The van der Waals surface area contributed by atoms with E-state index in [9.17, 15) is 0 Å². The van der Waals surface area contributed by atoms with Crippen molar-refractivity contribution in [2.24, 2.45) is 0 Å². The molecular formula is C30H29N. The maximum Gasteiger partial charge on any atom is 0.0419 e. The lowest BCUT2D eigenvalue weighted by molar-refractivity contribution is 0.659. The first kappa shape index (κ1) is 19.6. The largest absolute Gasteiger partial charge is 0.339 e. The second-order valence-corrected chi connectivity index (χ2v) is 9.28. The standard InChI is InChI=1S/C30H29N/c1-21(2)31(24-14-10-13-23(19-24)22-11-6-5-7-12-22)25-17-18-27-26-15-8-9-16-28(26)30(3,4)29(27)20-25/h5-21H,1-4H3. The van der Waals surface area contributed by atoms with E-state index in [1.165, 1.54) is 44.8 Å². The number of fused-ring (bicyclic) bond motifs is 3. The number of rotatable bonds is 4. The molecule has 1 aliphatic carbocycles. The Hall–Kier alpha value is -3.32. The van der Waals surface area contributed by atoms with E-state index in [4.69, 9.17) is 0 Å². The van der Waals surface area contributed by atoms with Crippen LogP contribution in [0.15, 0.2) is 97.1 Å². The highest BCUT2D eigenvalue weighted by atomic mass is 15.2. The van der Waals surface area contributed by atoms with Crippen LogP contribution in [-0.4, -0.2) is 6.04 Å². The van der Waals surface area contributed by atoms with Gasteiger partial charge >= 0.3 is 0 Å². The van der Waals surface area contributed by atoms with Crippen LogP contribution in [0.1, 0.15) is 38.8 Å². The monoisotopic (exact) mass is 403 g/mol. The Morgan fingerprint density at radius 3 is 2.00 bits per heavy atom. The average Bonchev–Trinajstić information content (AvgIpc) is 3.02. The first-order valence-corrected chi connectivity index (χ1v) is 11.2. The van der Waals surface area contributed by atoms with Crippen molar-refractivity contribution in [1.29, 1.82) is 0 Å². The molecule has 0 atom stereocenters. The van der Waals surface area contributed by atoms with E-state index in [0.29, 0.717) is 6.04 Å². The summed E-state index contributed by atoms with van der Waals surface area (Å²) in [4.78, 5) is 2.45. The van der Waals surface area contributed by atoms with Crippen molar-refractivity contribution in [2.45, 2.75) is 39.2 Å². The van der Waals surface area contributed by atoms with Crippen molar-refractivity contribution in [1.82, 2.24) is 0 Å². The van der Waals surface area contributed by atoms with Crippen molar-refractivity contribution in [3.63, 3.8) is 0 Å². The van der Waals surface area contributed by atoms with Crippen LogP contribution in [0, 0.1) is 0 Å². The first-order valence-electron chi connectivity index (χ1n) is 11.2. The average molecular weight is 404 g/mol. The van der Waals surface area contributed by atoms with E-state index in [-0.39, 0.29) is 5.41 Å².